The highest BCUT2D eigenvalue weighted by molar-refractivity contribution is 6.90. The molecule has 1 aromatic rings. The van der Waals surface area contributed by atoms with E-state index in [2.05, 4.69) is 78.3 Å². The molecule has 0 aliphatic carbocycles. The summed E-state index contributed by atoms with van der Waals surface area (Å²) in [7, 11) is -5.74. The molecule has 6 heteroatoms. The molecule has 0 aromatic heterocycles. The van der Waals surface area contributed by atoms with Crippen molar-refractivity contribution in [2.45, 2.75) is 60.1 Å². The predicted molar refractivity (Wildman–Crippen MR) is 113 cm³/mol. The fourth-order valence-corrected chi connectivity index (χ4v) is 9.12. The first-order valence-corrected chi connectivity index (χ1v) is 17.8. The minimum absolute atomic E-state index is 0.761. The van der Waals surface area contributed by atoms with Crippen LogP contribution in [0.15, 0.2) is 18.2 Å². The molecule has 0 aliphatic rings. The molecule has 1 aromatic carbocycles. The quantitative estimate of drug-likeness (QED) is 0.613. The second-order valence-corrected chi connectivity index (χ2v) is 19.3. The van der Waals surface area contributed by atoms with Crippen LogP contribution in [-0.4, -0.2) is 44.8 Å². The highest BCUT2D eigenvalue weighted by Gasteiger charge is 2.34. The van der Waals surface area contributed by atoms with Crippen molar-refractivity contribution in [2.75, 3.05) is 19.8 Å². The van der Waals surface area contributed by atoms with Gasteiger partial charge in [-0.15, -0.1) is 0 Å². The predicted octanol–water partition coefficient (Wildman–Crippen LogP) is 3.03. The van der Waals surface area contributed by atoms with Gasteiger partial charge in [0.1, 0.15) is 0 Å². The first-order chi connectivity index (χ1) is 11.0. The van der Waals surface area contributed by atoms with Crippen LogP contribution in [0.25, 0.3) is 0 Å². The largest absolute Gasteiger partial charge is 0.413 e. The van der Waals surface area contributed by atoms with E-state index in [4.69, 9.17) is 13.3 Å². The lowest BCUT2D eigenvalue weighted by molar-refractivity contribution is 0.338. The highest BCUT2D eigenvalue weighted by Crippen LogP contribution is 2.11. The van der Waals surface area contributed by atoms with Crippen LogP contribution >= 0.6 is 0 Å². The molecule has 1 rings (SSSR count). The highest BCUT2D eigenvalue weighted by atomic mass is 28.4. The molecular formula is C18H36O3Si3. The van der Waals surface area contributed by atoms with E-state index in [0.717, 1.165) is 19.8 Å². The molecule has 0 fully saturated rings. The van der Waals surface area contributed by atoms with E-state index < -0.39 is 25.0 Å². The Hall–Kier alpha value is -0.249. The third kappa shape index (κ3) is 5.37. The van der Waals surface area contributed by atoms with Gasteiger partial charge < -0.3 is 13.3 Å². The first kappa shape index (κ1) is 21.8. The Kier molecular flexibility index (Phi) is 7.65. The molecule has 0 radical (unpaired) electrons. The van der Waals surface area contributed by atoms with Gasteiger partial charge in [-0.3, -0.25) is 0 Å². The molecule has 0 atom stereocenters. The molecule has 0 unspecified atom stereocenters. The normalized spacial score (nSPS) is 13.4. The van der Waals surface area contributed by atoms with E-state index in [9.17, 15) is 0 Å². The molecule has 0 N–H and O–H groups in total. The minimum Gasteiger partial charge on any atom is -0.413 e. The molecule has 0 aliphatic heterocycles. The average molecular weight is 385 g/mol. The van der Waals surface area contributed by atoms with Gasteiger partial charge in [0.25, 0.3) is 0 Å². The SMILES string of the molecule is CCO[Si](C)(C)c1cc([Si](C)(C)OCC)cc([Si](C)(C)OCC)c1. The van der Waals surface area contributed by atoms with Crippen molar-refractivity contribution >= 4 is 40.5 Å². The Balaban J connectivity index is 3.50. The zero-order valence-corrected chi connectivity index (χ0v) is 20.1. The Morgan fingerprint density at radius 3 is 0.917 bits per heavy atom. The van der Waals surface area contributed by atoms with Crippen LogP contribution in [0.2, 0.25) is 39.3 Å². The van der Waals surface area contributed by atoms with Crippen LogP contribution in [0.3, 0.4) is 0 Å². The third-order valence-electron chi connectivity index (χ3n) is 4.53. The maximum Gasteiger partial charge on any atom is 0.218 e. The lowest BCUT2D eigenvalue weighted by Crippen LogP contribution is -2.56. The second kappa shape index (κ2) is 8.42. The lowest BCUT2D eigenvalue weighted by atomic mass is 10.3. The molecule has 3 nitrogen and oxygen atoms in total. The van der Waals surface area contributed by atoms with Crippen molar-refractivity contribution in [2.24, 2.45) is 0 Å². The molecule has 0 saturated heterocycles. The smallest absolute Gasteiger partial charge is 0.218 e. The second-order valence-electron chi connectivity index (χ2n) is 7.63. The van der Waals surface area contributed by atoms with Crippen molar-refractivity contribution in [3.05, 3.63) is 18.2 Å². The van der Waals surface area contributed by atoms with Crippen LogP contribution in [0.5, 0.6) is 0 Å². The van der Waals surface area contributed by atoms with E-state index in [-0.39, 0.29) is 0 Å². The van der Waals surface area contributed by atoms with Gasteiger partial charge >= 0.3 is 0 Å². The van der Waals surface area contributed by atoms with Crippen LogP contribution in [0, 0.1) is 0 Å². The van der Waals surface area contributed by atoms with Crippen LogP contribution in [0.4, 0.5) is 0 Å². The third-order valence-corrected chi connectivity index (χ3v) is 12.6. The number of hydrogen-bond donors (Lipinski definition) is 0. The van der Waals surface area contributed by atoms with E-state index >= 15 is 0 Å². The van der Waals surface area contributed by atoms with E-state index in [1.807, 2.05) is 0 Å². The molecule has 0 bridgehead atoms. The molecule has 24 heavy (non-hydrogen) atoms. The molecule has 0 saturated carbocycles. The van der Waals surface area contributed by atoms with E-state index in [1.54, 1.807) is 0 Å². The van der Waals surface area contributed by atoms with Crippen molar-refractivity contribution in [1.29, 1.82) is 0 Å². The summed E-state index contributed by atoms with van der Waals surface area (Å²) < 4.78 is 18.5. The summed E-state index contributed by atoms with van der Waals surface area (Å²) in [6.07, 6.45) is 0. The summed E-state index contributed by atoms with van der Waals surface area (Å²) in [5.41, 5.74) is 0. The fraction of sp³-hybridized carbons (Fsp3) is 0.667. The van der Waals surface area contributed by atoms with Gasteiger partial charge in [-0.25, -0.2) is 0 Å². The summed E-state index contributed by atoms with van der Waals surface area (Å²) in [6.45, 7) is 22.2. The number of hydrogen-bond acceptors (Lipinski definition) is 3. The standard InChI is InChI=1S/C18H36O3Si3/c1-10-19-22(4,5)16-13-17(23(6,7)20-11-2)15-18(14-16)24(8,9)21-12-3/h13-15H,10-12H2,1-9H3. The van der Waals surface area contributed by atoms with Crippen molar-refractivity contribution in [3.63, 3.8) is 0 Å². The van der Waals surface area contributed by atoms with Crippen molar-refractivity contribution in [1.82, 2.24) is 0 Å². The summed E-state index contributed by atoms with van der Waals surface area (Å²) in [5.74, 6) is 0. The van der Waals surface area contributed by atoms with Gasteiger partial charge in [-0.1, -0.05) is 18.2 Å². The summed E-state index contributed by atoms with van der Waals surface area (Å²) >= 11 is 0. The summed E-state index contributed by atoms with van der Waals surface area (Å²) in [4.78, 5) is 0. The fourth-order valence-electron chi connectivity index (χ4n) is 3.00. The van der Waals surface area contributed by atoms with Crippen molar-refractivity contribution in [3.8, 4) is 0 Å². The van der Waals surface area contributed by atoms with Gasteiger partial charge in [-0.2, -0.15) is 0 Å². The van der Waals surface area contributed by atoms with Crippen LogP contribution < -0.4 is 15.6 Å². The molecule has 0 spiro atoms. The molecular weight excluding hydrogens is 348 g/mol. The van der Waals surface area contributed by atoms with Crippen LogP contribution in [-0.2, 0) is 13.3 Å². The molecule has 0 heterocycles. The first-order valence-electron chi connectivity index (χ1n) is 9.08. The zero-order chi connectivity index (χ0) is 18.6. The Morgan fingerprint density at radius 2 is 0.750 bits per heavy atom. The van der Waals surface area contributed by atoms with Gasteiger partial charge in [0.05, 0.1) is 0 Å². The van der Waals surface area contributed by atoms with Gasteiger partial charge in [0, 0.05) is 19.8 Å². The Morgan fingerprint density at radius 1 is 0.542 bits per heavy atom. The minimum atomic E-state index is -1.91. The topological polar surface area (TPSA) is 27.7 Å². The van der Waals surface area contributed by atoms with Crippen LogP contribution in [0.1, 0.15) is 20.8 Å². The maximum absolute atomic E-state index is 6.16. The summed E-state index contributed by atoms with van der Waals surface area (Å²) in [6, 6.07) is 7.05. The zero-order valence-electron chi connectivity index (χ0n) is 17.1. The number of benzene rings is 1. The van der Waals surface area contributed by atoms with Gasteiger partial charge in [-0.05, 0) is 75.6 Å². The Bertz CT molecular complexity index is 454. The maximum atomic E-state index is 6.16. The van der Waals surface area contributed by atoms with Gasteiger partial charge in [0.2, 0.25) is 25.0 Å². The Labute approximate surface area is 152 Å². The molecule has 0 amide bonds. The lowest BCUT2D eigenvalue weighted by Gasteiger charge is -2.31. The number of rotatable bonds is 9. The monoisotopic (exact) mass is 384 g/mol. The van der Waals surface area contributed by atoms with E-state index in [1.165, 1.54) is 15.6 Å². The van der Waals surface area contributed by atoms with E-state index in [0.29, 0.717) is 0 Å². The molecule has 138 valence electrons. The summed E-state index contributed by atoms with van der Waals surface area (Å²) in [5, 5.41) is 4.08. The average Bonchev–Trinajstić information content (AvgIpc) is 2.46. The van der Waals surface area contributed by atoms with Crippen molar-refractivity contribution < 1.29 is 13.3 Å². The van der Waals surface area contributed by atoms with Gasteiger partial charge in [0.15, 0.2) is 0 Å².